The predicted octanol–water partition coefficient (Wildman–Crippen LogP) is 2.47. The maximum Gasteiger partial charge on any atom is 0.417 e. The number of carboxylic acids is 1. The van der Waals surface area contributed by atoms with Crippen molar-refractivity contribution in [1.82, 2.24) is 0 Å². The molecule has 0 saturated carbocycles. The Labute approximate surface area is 134 Å². The highest BCUT2D eigenvalue weighted by atomic mass is 32.2. The molecule has 0 aliphatic rings. The highest BCUT2D eigenvalue weighted by Gasteiger charge is 2.36. The summed E-state index contributed by atoms with van der Waals surface area (Å²) in [6.07, 6.45) is -7.91. The Balaban J connectivity index is 2.99. The zero-order valence-electron chi connectivity index (χ0n) is 12.0. The van der Waals surface area contributed by atoms with Gasteiger partial charge in [0.15, 0.2) is 5.12 Å². The first-order valence-electron chi connectivity index (χ1n) is 6.48. The van der Waals surface area contributed by atoms with E-state index in [4.69, 9.17) is 5.11 Å². The monoisotopic (exact) mass is 352 g/mol. The van der Waals surface area contributed by atoms with Crippen LogP contribution in [-0.2, 0) is 11.0 Å². The Bertz CT molecular complexity index is 588. The zero-order chi connectivity index (χ0) is 17.8. The highest BCUT2D eigenvalue weighted by molar-refractivity contribution is 8.13. The van der Waals surface area contributed by atoms with Crippen molar-refractivity contribution in [3.63, 3.8) is 0 Å². The molecular formula is C14H15F3O5S. The van der Waals surface area contributed by atoms with Crippen molar-refractivity contribution in [2.45, 2.75) is 31.7 Å². The van der Waals surface area contributed by atoms with Crippen molar-refractivity contribution < 1.29 is 38.1 Å². The molecule has 5 nitrogen and oxygen atoms in total. The van der Waals surface area contributed by atoms with Gasteiger partial charge in [-0.15, -0.1) is 0 Å². The SMILES string of the molecule is CC(=O)SCCC(O)C(O)c1ccc(C(=O)O)c(C(F)(F)F)c1. The average Bonchev–Trinajstić information content (AvgIpc) is 2.44. The topological polar surface area (TPSA) is 94.8 Å². The summed E-state index contributed by atoms with van der Waals surface area (Å²) >= 11 is 0.918. The van der Waals surface area contributed by atoms with E-state index in [9.17, 15) is 33.0 Å². The number of rotatable bonds is 6. The number of hydrogen-bond acceptors (Lipinski definition) is 5. The van der Waals surface area contributed by atoms with Gasteiger partial charge in [-0.2, -0.15) is 13.2 Å². The second kappa shape index (κ2) is 7.80. The molecule has 2 atom stereocenters. The number of benzene rings is 1. The minimum Gasteiger partial charge on any atom is -0.478 e. The number of carboxylic acid groups (broad SMARTS) is 1. The molecule has 0 heterocycles. The number of alkyl halides is 3. The van der Waals surface area contributed by atoms with E-state index < -0.39 is 35.5 Å². The Morgan fingerprint density at radius 3 is 2.35 bits per heavy atom. The first-order valence-corrected chi connectivity index (χ1v) is 7.46. The number of aliphatic hydroxyl groups excluding tert-OH is 2. The van der Waals surface area contributed by atoms with Gasteiger partial charge in [0.05, 0.1) is 17.2 Å². The lowest BCUT2D eigenvalue weighted by Gasteiger charge is -2.20. The third-order valence-corrected chi connectivity index (χ3v) is 3.85. The van der Waals surface area contributed by atoms with Crippen molar-refractivity contribution in [1.29, 1.82) is 0 Å². The standard InChI is InChI=1S/C14H15F3O5S/c1-7(18)23-5-4-11(19)12(20)8-2-3-9(13(21)22)10(6-8)14(15,16)17/h2-3,6,11-12,19-20H,4-5H2,1H3,(H,21,22). The van der Waals surface area contributed by atoms with Gasteiger partial charge in [0, 0.05) is 12.7 Å². The first-order chi connectivity index (χ1) is 10.5. The van der Waals surface area contributed by atoms with Crippen molar-refractivity contribution in [2.75, 3.05) is 5.75 Å². The quantitative estimate of drug-likeness (QED) is 0.728. The summed E-state index contributed by atoms with van der Waals surface area (Å²) in [6.45, 7) is 1.33. The van der Waals surface area contributed by atoms with Gasteiger partial charge in [-0.25, -0.2) is 4.79 Å². The van der Waals surface area contributed by atoms with E-state index in [1.165, 1.54) is 6.92 Å². The lowest BCUT2D eigenvalue weighted by molar-refractivity contribution is -0.138. The van der Waals surface area contributed by atoms with E-state index in [0.717, 1.165) is 23.9 Å². The van der Waals surface area contributed by atoms with Gasteiger partial charge in [0.25, 0.3) is 0 Å². The molecule has 2 unspecified atom stereocenters. The summed E-state index contributed by atoms with van der Waals surface area (Å²) in [5.74, 6) is -1.54. The maximum atomic E-state index is 12.9. The Morgan fingerprint density at radius 1 is 1.26 bits per heavy atom. The molecule has 3 N–H and O–H groups in total. The molecule has 128 valence electrons. The van der Waals surface area contributed by atoms with Gasteiger partial charge in [-0.1, -0.05) is 17.8 Å². The molecule has 1 aromatic carbocycles. The molecule has 0 spiro atoms. The second-order valence-electron chi connectivity index (χ2n) is 4.75. The number of aliphatic hydroxyl groups is 2. The molecule has 23 heavy (non-hydrogen) atoms. The van der Waals surface area contributed by atoms with Crippen LogP contribution in [0.25, 0.3) is 0 Å². The zero-order valence-corrected chi connectivity index (χ0v) is 12.8. The maximum absolute atomic E-state index is 12.9. The summed E-state index contributed by atoms with van der Waals surface area (Å²) < 4.78 is 38.7. The minimum atomic E-state index is -4.90. The van der Waals surface area contributed by atoms with Crippen molar-refractivity contribution in [3.8, 4) is 0 Å². The fourth-order valence-electron chi connectivity index (χ4n) is 1.87. The number of thioether (sulfide) groups is 1. The van der Waals surface area contributed by atoms with Crippen LogP contribution in [0.5, 0.6) is 0 Å². The van der Waals surface area contributed by atoms with Crippen LogP contribution in [0.1, 0.15) is 40.9 Å². The number of hydrogen-bond donors (Lipinski definition) is 3. The lowest BCUT2D eigenvalue weighted by Crippen LogP contribution is -2.21. The third kappa shape index (κ3) is 5.52. The molecule has 0 saturated heterocycles. The molecule has 0 amide bonds. The lowest BCUT2D eigenvalue weighted by atomic mass is 9.97. The Hall–Kier alpha value is -1.58. The smallest absolute Gasteiger partial charge is 0.417 e. The predicted molar refractivity (Wildman–Crippen MR) is 77.1 cm³/mol. The van der Waals surface area contributed by atoms with Crippen LogP contribution in [0, 0.1) is 0 Å². The largest absolute Gasteiger partial charge is 0.478 e. The average molecular weight is 352 g/mol. The molecular weight excluding hydrogens is 337 g/mol. The summed E-state index contributed by atoms with van der Waals surface area (Å²) in [6, 6.07) is 2.26. The van der Waals surface area contributed by atoms with Crippen LogP contribution in [0.2, 0.25) is 0 Å². The van der Waals surface area contributed by atoms with Gasteiger partial charge >= 0.3 is 12.1 Å². The molecule has 0 bridgehead atoms. The van der Waals surface area contributed by atoms with Crippen LogP contribution in [0.3, 0.4) is 0 Å². The third-order valence-electron chi connectivity index (χ3n) is 3.00. The van der Waals surface area contributed by atoms with E-state index in [-0.39, 0.29) is 22.9 Å². The van der Waals surface area contributed by atoms with Gasteiger partial charge in [0.1, 0.15) is 6.10 Å². The normalized spacial score (nSPS) is 14.3. The minimum absolute atomic E-state index is 0.00650. The summed E-state index contributed by atoms with van der Waals surface area (Å²) in [5.41, 5.74) is -2.58. The summed E-state index contributed by atoms with van der Waals surface area (Å²) in [4.78, 5) is 21.6. The van der Waals surface area contributed by atoms with E-state index >= 15 is 0 Å². The van der Waals surface area contributed by atoms with Crippen LogP contribution in [0.15, 0.2) is 18.2 Å². The van der Waals surface area contributed by atoms with Gasteiger partial charge < -0.3 is 15.3 Å². The molecule has 0 aliphatic heterocycles. The highest BCUT2D eigenvalue weighted by Crippen LogP contribution is 2.34. The number of carbonyl (C=O) groups excluding carboxylic acids is 1. The molecule has 1 rings (SSSR count). The Kier molecular flexibility index (Phi) is 6.60. The van der Waals surface area contributed by atoms with Gasteiger partial charge in [-0.05, 0) is 24.1 Å². The number of halogens is 3. The molecule has 0 aliphatic carbocycles. The summed E-state index contributed by atoms with van der Waals surface area (Å²) in [7, 11) is 0. The summed E-state index contributed by atoms with van der Waals surface area (Å²) in [5, 5.41) is 28.3. The first kappa shape index (κ1) is 19.5. The molecule has 0 aromatic heterocycles. The van der Waals surface area contributed by atoms with Crippen molar-refractivity contribution in [2.24, 2.45) is 0 Å². The van der Waals surface area contributed by atoms with Gasteiger partial charge in [-0.3, -0.25) is 4.79 Å². The van der Waals surface area contributed by atoms with E-state index in [0.29, 0.717) is 6.07 Å². The van der Waals surface area contributed by atoms with Crippen LogP contribution in [-0.4, -0.2) is 38.3 Å². The molecule has 0 radical (unpaired) electrons. The molecule has 0 fully saturated rings. The van der Waals surface area contributed by atoms with Crippen LogP contribution < -0.4 is 0 Å². The van der Waals surface area contributed by atoms with Gasteiger partial charge in [0.2, 0.25) is 0 Å². The van der Waals surface area contributed by atoms with E-state index in [1.54, 1.807) is 0 Å². The van der Waals surface area contributed by atoms with Crippen molar-refractivity contribution >= 4 is 22.8 Å². The number of carbonyl (C=O) groups is 2. The fraction of sp³-hybridized carbons (Fsp3) is 0.429. The second-order valence-corrected chi connectivity index (χ2v) is 6.02. The van der Waals surface area contributed by atoms with Crippen molar-refractivity contribution in [3.05, 3.63) is 34.9 Å². The number of aromatic carboxylic acids is 1. The molecule has 1 aromatic rings. The van der Waals surface area contributed by atoms with E-state index in [2.05, 4.69) is 0 Å². The van der Waals surface area contributed by atoms with Crippen LogP contribution >= 0.6 is 11.8 Å². The van der Waals surface area contributed by atoms with E-state index in [1.807, 2.05) is 0 Å². The van der Waals surface area contributed by atoms with Crippen LogP contribution in [0.4, 0.5) is 13.2 Å². The fourth-order valence-corrected chi connectivity index (χ4v) is 2.52. The molecule has 9 heteroatoms. The Morgan fingerprint density at radius 2 is 1.87 bits per heavy atom.